The van der Waals surface area contributed by atoms with Crippen molar-refractivity contribution in [1.29, 1.82) is 0 Å². The third-order valence-corrected chi connectivity index (χ3v) is 6.37. The van der Waals surface area contributed by atoms with Crippen LogP contribution in [0.5, 0.6) is 0 Å². The van der Waals surface area contributed by atoms with E-state index < -0.39 is 0 Å². The Balaban J connectivity index is 1.97. The number of amides is 2. The molecule has 2 aromatic carbocycles. The lowest BCUT2D eigenvalue weighted by Crippen LogP contribution is -2.44. The Morgan fingerprint density at radius 3 is 2.40 bits per heavy atom. The van der Waals surface area contributed by atoms with E-state index in [0.29, 0.717) is 6.04 Å². The maximum Gasteiger partial charge on any atom is 0.236 e. The van der Waals surface area contributed by atoms with Crippen molar-refractivity contribution in [3.8, 4) is 0 Å². The van der Waals surface area contributed by atoms with E-state index in [1.54, 1.807) is 0 Å². The zero-order valence-electron chi connectivity index (χ0n) is 18.6. The molecule has 2 heterocycles. The number of hydrogen-bond donors (Lipinski definition) is 1. The predicted molar refractivity (Wildman–Crippen MR) is 123 cm³/mol. The van der Waals surface area contributed by atoms with Crippen LogP contribution in [0.25, 0.3) is 21.8 Å². The van der Waals surface area contributed by atoms with Crippen molar-refractivity contribution in [2.75, 3.05) is 18.0 Å². The third-order valence-electron chi connectivity index (χ3n) is 6.37. The van der Waals surface area contributed by atoms with Crippen LogP contribution in [0.4, 0.5) is 5.69 Å². The third kappa shape index (κ3) is 3.21. The molecule has 1 saturated heterocycles. The van der Waals surface area contributed by atoms with Crippen LogP contribution in [0.1, 0.15) is 50.8 Å². The summed E-state index contributed by atoms with van der Waals surface area (Å²) in [5, 5.41) is 5.59. The summed E-state index contributed by atoms with van der Waals surface area (Å²) in [6.45, 7) is 11.6. The fourth-order valence-corrected chi connectivity index (χ4v) is 5.08. The number of nitrogens with one attached hydrogen (secondary N) is 1. The van der Waals surface area contributed by atoms with Crippen molar-refractivity contribution in [3.05, 3.63) is 41.5 Å². The van der Waals surface area contributed by atoms with Crippen molar-refractivity contribution < 1.29 is 9.59 Å². The van der Waals surface area contributed by atoms with E-state index in [1.165, 1.54) is 17.3 Å². The van der Waals surface area contributed by atoms with Gasteiger partial charge in [0.15, 0.2) is 0 Å². The van der Waals surface area contributed by atoms with Gasteiger partial charge in [-0.05, 0) is 76.9 Å². The molecule has 158 valence electrons. The molecule has 0 atom stereocenters. The summed E-state index contributed by atoms with van der Waals surface area (Å²) in [7, 11) is 0. The normalized spacial score (nSPS) is 15.3. The number of fused-ring (bicyclic) bond motifs is 3. The molecular weight excluding hydrogens is 374 g/mol. The summed E-state index contributed by atoms with van der Waals surface area (Å²) in [5.41, 5.74) is 5.05. The molecule has 5 heteroatoms. The number of hydrogen-bond acceptors (Lipinski definition) is 3. The first kappa shape index (κ1) is 20.6. The highest BCUT2D eigenvalue weighted by molar-refractivity contribution is 6.19. The number of piperidine rings is 1. The lowest BCUT2D eigenvalue weighted by atomic mass is 9.94. The minimum absolute atomic E-state index is 0.0675. The largest absolute Gasteiger partial charge is 0.338 e. The number of carbonyl (C=O) groups excluding carboxylic acids is 2. The van der Waals surface area contributed by atoms with Crippen LogP contribution < -0.4 is 10.2 Å². The highest BCUT2D eigenvalue weighted by Gasteiger charge is 2.32. The van der Waals surface area contributed by atoms with Crippen molar-refractivity contribution in [2.24, 2.45) is 5.92 Å². The van der Waals surface area contributed by atoms with Gasteiger partial charge in [0.1, 0.15) is 0 Å². The highest BCUT2D eigenvalue weighted by atomic mass is 16.2. The van der Waals surface area contributed by atoms with Gasteiger partial charge in [0.25, 0.3) is 0 Å². The number of aromatic nitrogens is 1. The molecule has 4 rings (SSSR count). The van der Waals surface area contributed by atoms with Crippen LogP contribution in [0.15, 0.2) is 30.3 Å². The van der Waals surface area contributed by atoms with Gasteiger partial charge in [-0.25, -0.2) is 0 Å². The average molecular weight is 406 g/mol. The van der Waals surface area contributed by atoms with Gasteiger partial charge in [-0.3, -0.25) is 14.5 Å². The molecule has 0 spiro atoms. The number of benzene rings is 2. The van der Waals surface area contributed by atoms with E-state index >= 15 is 0 Å². The van der Waals surface area contributed by atoms with Gasteiger partial charge in [-0.2, -0.15) is 0 Å². The topological polar surface area (TPSA) is 54.3 Å². The number of rotatable bonds is 3. The first-order valence-electron chi connectivity index (χ1n) is 10.9. The van der Waals surface area contributed by atoms with Crippen LogP contribution in [-0.2, 0) is 9.59 Å². The van der Waals surface area contributed by atoms with Gasteiger partial charge in [-0.1, -0.05) is 18.2 Å². The average Bonchev–Trinajstić information content (AvgIpc) is 3.05. The molecule has 1 fully saturated rings. The first-order chi connectivity index (χ1) is 14.3. The van der Waals surface area contributed by atoms with Crippen LogP contribution in [-0.4, -0.2) is 29.5 Å². The van der Waals surface area contributed by atoms with E-state index in [4.69, 9.17) is 0 Å². The maximum atomic E-state index is 13.4. The van der Waals surface area contributed by atoms with E-state index in [-0.39, 0.29) is 17.7 Å². The summed E-state index contributed by atoms with van der Waals surface area (Å²) in [6.07, 6.45) is 1.55. The van der Waals surface area contributed by atoms with E-state index in [1.807, 2.05) is 19.9 Å². The van der Waals surface area contributed by atoms with Crippen LogP contribution >= 0.6 is 0 Å². The molecule has 0 radical (unpaired) electrons. The molecule has 1 aromatic heterocycles. The van der Waals surface area contributed by atoms with Gasteiger partial charge in [-0.15, -0.1) is 0 Å². The van der Waals surface area contributed by atoms with Gasteiger partial charge in [0.05, 0.1) is 11.2 Å². The van der Waals surface area contributed by atoms with Gasteiger partial charge >= 0.3 is 0 Å². The second kappa shape index (κ2) is 7.88. The second-order valence-corrected chi connectivity index (χ2v) is 8.76. The highest BCUT2D eigenvalue weighted by Crippen LogP contribution is 2.40. The first-order valence-corrected chi connectivity index (χ1v) is 10.9. The predicted octanol–water partition coefficient (Wildman–Crippen LogP) is 4.87. The maximum absolute atomic E-state index is 13.4. The Morgan fingerprint density at radius 2 is 1.77 bits per heavy atom. The van der Waals surface area contributed by atoms with Crippen LogP contribution in [0.3, 0.4) is 0 Å². The lowest BCUT2D eigenvalue weighted by Gasteiger charge is -2.30. The van der Waals surface area contributed by atoms with E-state index in [2.05, 4.69) is 48.0 Å². The number of nitrogens with zero attached hydrogens (tertiary/aromatic N) is 2. The smallest absolute Gasteiger partial charge is 0.236 e. The molecular formula is C25H31N3O2. The van der Waals surface area contributed by atoms with E-state index in [9.17, 15) is 9.59 Å². The fraction of sp³-hybridized carbons (Fsp3) is 0.440. The fourth-order valence-electron chi connectivity index (χ4n) is 5.08. The molecule has 1 aliphatic heterocycles. The van der Waals surface area contributed by atoms with Crippen molar-refractivity contribution in [2.45, 2.75) is 53.5 Å². The van der Waals surface area contributed by atoms with E-state index in [0.717, 1.165) is 59.0 Å². The zero-order chi connectivity index (χ0) is 21.6. The molecule has 1 N–H and O–H groups in total. The number of imide groups is 1. The molecule has 0 aliphatic carbocycles. The molecule has 0 bridgehead atoms. The monoisotopic (exact) mass is 405 g/mol. The Kier molecular flexibility index (Phi) is 5.41. The summed E-state index contributed by atoms with van der Waals surface area (Å²) in [5.74, 6) is -0.388. The Hall–Kier alpha value is -2.66. The Bertz CT molecular complexity index is 1140. The number of carbonyl (C=O) groups is 2. The quantitative estimate of drug-likeness (QED) is 0.676. The van der Waals surface area contributed by atoms with Crippen LogP contribution in [0, 0.1) is 19.8 Å². The summed E-state index contributed by atoms with van der Waals surface area (Å²) < 4.78 is 2.35. The minimum Gasteiger partial charge on any atom is -0.338 e. The van der Waals surface area contributed by atoms with Crippen LogP contribution in [0.2, 0.25) is 0 Å². The zero-order valence-corrected chi connectivity index (χ0v) is 18.6. The Labute approximate surface area is 178 Å². The molecule has 2 amide bonds. The molecule has 0 saturated carbocycles. The summed E-state index contributed by atoms with van der Waals surface area (Å²) in [4.78, 5) is 27.6. The lowest BCUT2D eigenvalue weighted by molar-refractivity contribution is -0.128. The molecule has 1 aliphatic rings. The number of anilines is 1. The molecule has 0 unspecified atom stereocenters. The Morgan fingerprint density at radius 1 is 1.10 bits per heavy atom. The standard InChI is InChI=1S/C25H31N3O2/c1-15(2)27-21-9-7-6-8-20(21)23-17(4)24(16(3)14-22(23)27)28(18(5)29)25(30)19-10-12-26-13-11-19/h6-9,14-15,19,26H,10-13H2,1-5H3. The summed E-state index contributed by atoms with van der Waals surface area (Å²) in [6, 6.07) is 10.8. The minimum atomic E-state index is -0.211. The van der Waals surface area contributed by atoms with Gasteiger partial charge in [0.2, 0.25) is 11.8 Å². The van der Waals surface area contributed by atoms with Crippen molar-refractivity contribution in [3.63, 3.8) is 0 Å². The molecule has 30 heavy (non-hydrogen) atoms. The van der Waals surface area contributed by atoms with Crippen molar-refractivity contribution in [1.82, 2.24) is 9.88 Å². The second-order valence-electron chi connectivity index (χ2n) is 8.76. The van der Waals surface area contributed by atoms with Gasteiger partial charge in [0, 0.05) is 35.2 Å². The number of aryl methyl sites for hydroxylation is 2. The molecule has 5 nitrogen and oxygen atoms in total. The number of para-hydroxylation sites is 1. The van der Waals surface area contributed by atoms with Crippen molar-refractivity contribution >= 4 is 39.3 Å². The SMILES string of the molecule is CC(=O)N(C(=O)C1CCNCC1)c1c(C)cc2c(c1C)c1ccccc1n2C(C)C. The molecule has 3 aromatic rings. The summed E-state index contributed by atoms with van der Waals surface area (Å²) >= 11 is 0. The van der Waals surface area contributed by atoms with Gasteiger partial charge < -0.3 is 9.88 Å².